The second-order valence-electron chi connectivity index (χ2n) is 9.31. The van der Waals surface area contributed by atoms with E-state index in [1.54, 1.807) is 6.08 Å². The van der Waals surface area contributed by atoms with Crippen LogP contribution in [0.1, 0.15) is 90.0 Å². The minimum Gasteiger partial charge on any atom is -0.386 e. The molecule has 0 saturated heterocycles. The Morgan fingerprint density at radius 2 is 1.55 bits per heavy atom. The number of unbranched alkanes of at least 4 members (excludes halogenated alkanes) is 9. The van der Waals surface area contributed by atoms with Crippen LogP contribution in [-0.2, 0) is 11.7 Å². The number of aliphatic hydroxyl groups is 1. The van der Waals surface area contributed by atoms with Gasteiger partial charge >= 0.3 is 6.18 Å². The van der Waals surface area contributed by atoms with E-state index in [4.69, 9.17) is 0 Å². The van der Waals surface area contributed by atoms with E-state index in [1.807, 2.05) is 19.1 Å². The van der Waals surface area contributed by atoms with Gasteiger partial charge < -0.3 is 5.11 Å². The zero-order chi connectivity index (χ0) is 23.9. The van der Waals surface area contributed by atoms with Crippen LogP contribution in [0.3, 0.4) is 0 Å². The number of halogens is 3. The number of benzene rings is 1. The van der Waals surface area contributed by atoms with Crippen molar-refractivity contribution in [3.8, 4) is 0 Å². The Balaban J connectivity index is 1.68. The molecule has 0 saturated carbocycles. The van der Waals surface area contributed by atoms with Gasteiger partial charge in [0, 0.05) is 0 Å². The van der Waals surface area contributed by atoms with Crippen LogP contribution in [0.25, 0.3) is 11.0 Å². The van der Waals surface area contributed by atoms with Crippen molar-refractivity contribution in [3.05, 3.63) is 47.6 Å². The maximum Gasteiger partial charge on any atom is 0.416 e. The van der Waals surface area contributed by atoms with Gasteiger partial charge in [0.2, 0.25) is 0 Å². The van der Waals surface area contributed by atoms with Crippen molar-refractivity contribution >= 4 is 11.0 Å². The van der Waals surface area contributed by atoms with Gasteiger partial charge in [-0.25, -0.2) is 0 Å². The third kappa shape index (κ3) is 6.46. The van der Waals surface area contributed by atoms with Crippen molar-refractivity contribution in [1.82, 2.24) is 15.0 Å². The number of rotatable bonds is 12. The first kappa shape index (κ1) is 25.5. The molecule has 182 valence electrons. The molecule has 1 aliphatic carbocycles. The van der Waals surface area contributed by atoms with E-state index in [9.17, 15) is 18.3 Å². The number of allylic oxidation sites excluding steroid dienone is 2. The maximum absolute atomic E-state index is 13.1. The molecular formula is C26H36F3N3O. The van der Waals surface area contributed by atoms with Crippen molar-refractivity contribution < 1.29 is 18.3 Å². The van der Waals surface area contributed by atoms with E-state index >= 15 is 0 Å². The van der Waals surface area contributed by atoms with Gasteiger partial charge in [-0.1, -0.05) is 88.9 Å². The minimum atomic E-state index is -4.44. The molecule has 1 aromatic heterocycles. The highest BCUT2D eigenvalue weighted by molar-refractivity contribution is 5.74. The molecule has 4 nitrogen and oxygen atoms in total. The average molecular weight is 464 g/mol. The Bertz CT molecular complexity index is 963. The summed E-state index contributed by atoms with van der Waals surface area (Å²) in [4.78, 5) is 1.43. The van der Waals surface area contributed by atoms with Crippen LogP contribution >= 0.6 is 0 Å². The van der Waals surface area contributed by atoms with Crippen molar-refractivity contribution in [3.63, 3.8) is 0 Å². The molecule has 0 fully saturated rings. The van der Waals surface area contributed by atoms with Gasteiger partial charge in [-0.05, 0) is 37.6 Å². The first-order valence-corrected chi connectivity index (χ1v) is 12.3. The SMILES string of the molecule is CCCCCCCCCCCCC1(n2nc3ccc(C(F)(F)F)cc3n2)C=C(C)C=CC1O. The average Bonchev–Trinajstić information content (AvgIpc) is 3.21. The van der Waals surface area contributed by atoms with Crippen LogP contribution < -0.4 is 0 Å². The fourth-order valence-electron chi connectivity index (χ4n) is 4.61. The van der Waals surface area contributed by atoms with Crippen LogP contribution in [0.5, 0.6) is 0 Å². The number of aliphatic hydroxyl groups excluding tert-OH is 1. The number of nitrogens with zero attached hydrogens (tertiary/aromatic N) is 3. The van der Waals surface area contributed by atoms with Crippen LogP contribution in [0.4, 0.5) is 13.2 Å². The molecule has 0 amide bonds. The molecule has 2 aromatic rings. The van der Waals surface area contributed by atoms with Crippen molar-refractivity contribution in [2.24, 2.45) is 0 Å². The van der Waals surface area contributed by atoms with E-state index in [2.05, 4.69) is 17.1 Å². The maximum atomic E-state index is 13.1. The first-order valence-electron chi connectivity index (χ1n) is 12.3. The second kappa shape index (κ2) is 11.3. The summed E-state index contributed by atoms with van der Waals surface area (Å²) in [6, 6.07) is 3.39. The van der Waals surface area contributed by atoms with Crippen LogP contribution in [0.2, 0.25) is 0 Å². The zero-order valence-electron chi connectivity index (χ0n) is 19.7. The van der Waals surface area contributed by atoms with Gasteiger partial charge in [-0.15, -0.1) is 0 Å². The van der Waals surface area contributed by atoms with Crippen LogP contribution in [0.15, 0.2) is 42.0 Å². The summed E-state index contributed by atoms with van der Waals surface area (Å²) in [5.74, 6) is 0. The molecule has 0 radical (unpaired) electrons. The summed E-state index contributed by atoms with van der Waals surface area (Å²) in [7, 11) is 0. The lowest BCUT2D eigenvalue weighted by Gasteiger charge is -2.35. The van der Waals surface area contributed by atoms with E-state index in [-0.39, 0.29) is 5.52 Å². The molecule has 0 aliphatic heterocycles. The largest absolute Gasteiger partial charge is 0.416 e. The van der Waals surface area contributed by atoms with Crippen LogP contribution in [-0.4, -0.2) is 26.2 Å². The predicted octanol–water partition coefficient (Wildman–Crippen LogP) is 7.33. The van der Waals surface area contributed by atoms with Crippen molar-refractivity contribution in [2.45, 2.75) is 102 Å². The third-order valence-electron chi connectivity index (χ3n) is 6.54. The Morgan fingerprint density at radius 1 is 0.939 bits per heavy atom. The molecular weight excluding hydrogens is 427 g/mol. The van der Waals surface area contributed by atoms with Gasteiger partial charge in [0.1, 0.15) is 22.7 Å². The van der Waals surface area contributed by atoms with Crippen LogP contribution in [0, 0.1) is 0 Å². The molecule has 1 aliphatic rings. The van der Waals surface area contributed by atoms with Gasteiger partial charge in [0.15, 0.2) is 0 Å². The fourth-order valence-corrected chi connectivity index (χ4v) is 4.61. The zero-order valence-corrected chi connectivity index (χ0v) is 19.7. The lowest BCUT2D eigenvalue weighted by Crippen LogP contribution is -2.45. The Labute approximate surface area is 194 Å². The lowest BCUT2D eigenvalue weighted by atomic mass is 9.81. The fraction of sp³-hybridized carbons (Fsp3) is 0.615. The molecule has 1 aromatic carbocycles. The van der Waals surface area contributed by atoms with E-state index in [1.165, 1.54) is 55.8 Å². The molecule has 3 rings (SSSR count). The molecule has 1 N–H and O–H groups in total. The summed E-state index contributed by atoms with van der Waals surface area (Å²) in [5, 5.41) is 19.8. The summed E-state index contributed by atoms with van der Waals surface area (Å²) in [5.41, 5.74) is -0.0965. The smallest absolute Gasteiger partial charge is 0.386 e. The van der Waals surface area contributed by atoms with Gasteiger partial charge in [0.05, 0.1) is 5.56 Å². The molecule has 0 bridgehead atoms. The van der Waals surface area contributed by atoms with Crippen molar-refractivity contribution in [1.29, 1.82) is 0 Å². The quantitative estimate of drug-likeness (QED) is 0.335. The van der Waals surface area contributed by atoms with E-state index < -0.39 is 23.4 Å². The molecule has 0 spiro atoms. The summed E-state index contributed by atoms with van der Waals surface area (Å²) >= 11 is 0. The number of fused-ring (bicyclic) bond motifs is 1. The molecule has 33 heavy (non-hydrogen) atoms. The van der Waals surface area contributed by atoms with E-state index in [0.29, 0.717) is 11.9 Å². The highest BCUT2D eigenvalue weighted by atomic mass is 19.4. The highest BCUT2D eigenvalue weighted by Gasteiger charge is 2.40. The van der Waals surface area contributed by atoms with E-state index in [0.717, 1.165) is 37.0 Å². The minimum absolute atomic E-state index is 0.181. The summed E-state index contributed by atoms with van der Waals surface area (Å²) < 4.78 is 39.4. The number of aromatic nitrogens is 3. The number of alkyl halides is 3. The summed E-state index contributed by atoms with van der Waals surface area (Å²) in [6.07, 6.45) is 12.9. The second-order valence-corrected chi connectivity index (χ2v) is 9.31. The molecule has 2 atom stereocenters. The molecule has 2 unspecified atom stereocenters. The molecule has 1 heterocycles. The number of hydrogen-bond acceptors (Lipinski definition) is 3. The number of hydrogen-bond donors (Lipinski definition) is 1. The predicted molar refractivity (Wildman–Crippen MR) is 126 cm³/mol. The normalized spacial score (nSPS) is 21.0. The summed E-state index contributed by atoms with van der Waals surface area (Å²) in [6.45, 7) is 4.17. The molecule has 7 heteroatoms. The standard InChI is InChI=1S/C26H36F3N3O/c1-3-4-5-6-7-8-9-10-11-12-17-25(19-20(2)13-16-24(25)33)32-30-22-15-14-21(26(27,28)29)18-23(22)31-32/h13-16,18-19,24,33H,3-12,17H2,1-2H3. The Hall–Kier alpha value is -2.15. The van der Waals surface area contributed by atoms with Gasteiger partial charge in [0.25, 0.3) is 0 Å². The van der Waals surface area contributed by atoms with Gasteiger partial charge in [-0.2, -0.15) is 28.2 Å². The topological polar surface area (TPSA) is 50.9 Å². The third-order valence-corrected chi connectivity index (χ3v) is 6.54. The monoisotopic (exact) mass is 463 g/mol. The van der Waals surface area contributed by atoms with Crippen molar-refractivity contribution in [2.75, 3.05) is 0 Å². The lowest BCUT2D eigenvalue weighted by molar-refractivity contribution is -0.137. The first-order chi connectivity index (χ1) is 15.8. The Morgan fingerprint density at radius 3 is 2.18 bits per heavy atom. The Kier molecular flexibility index (Phi) is 8.74. The van der Waals surface area contributed by atoms with Gasteiger partial charge in [-0.3, -0.25) is 0 Å². The highest BCUT2D eigenvalue weighted by Crippen LogP contribution is 2.36.